The molecule has 0 aromatic heterocycles. The van der Waals surface area contributed by atoms with Gasteiger partial charge in [-0.1, -0.05) is 76.5 Å². The van der Waals surface area contributed by atoms with Crippen LogP contribution in [0.1, 0.15) is 91.5 Å². The van der Waals surface area contributed by atoms with Gasteiger partial charge in [0.2, 0.25) is 29.5 Å². The van der Waals surface area contributed by atoms with Crippen molar-refractivity contribution in [2.45, 2.75) is 141 Å². The quantitative estimate of drug-likeness (QED) is 0.0345. The van der Waals surface area contributed by atoms with Crippen LogP contribution >= 0.6 is 8.03 Å². The number of hydrogen-bond donors (Lipinski definition) is 3. The van der Waals surface area contributed by atoms with Gasteiger partial charge in [0.25, 0.3) is 5.78 Å². The maximum Gasteiger partial charge on any atom is 0.531 e. The Balaban J connectivity index is 1.42. The molecule has 2 aliphatic heterocycles. The highest BCUT2D eigenvalue weighted by molar-refractivity contribution is 7.38. The lowest BCUT2D eigenvalue weighted by molar-refractivity contribution is -0.149. The lowest BCUT2D eigenvalue weighted by Crippen LogP contribution is -2.60. The topological polar surface area (TPSA) is 242 Å². The second-order valence-electron chi connectivity index (χ2n) is 18.2. The van der Waals surface area contributed by atoms with Crippen molar-refractivity contribution >= 4 is 37.6 Å². The predicted molar refractivity (Wildman–Crippen MR) is 247 cm³/mol. The van der Waals surface area contributed by atoms with E-state index in [0.29, 0.717) is 25.8 Å². The molecule has 1 aromatic carbocycles. The number of fused-ring (bicyclic) bond motifs is 2. The molecular weight excluding hydrogens is 872 g/mol. The van der Waals surface area contributed by atoms with Crippen molar-refractivity contribution in [2.24, 2.45) is 28.8 Å². The molecule has 2 heterocycles. The first kappa shape index (κ1) is 54.4. The largest absolute Gasteiger partial charge is 0.531 e. The van der Waals surface area contributed by atoms with Crippen LogP contribution in [0.25, 0.3) is 10.4 Å². The van der Waals surface area contributed by atoms with Gasteiger partial charge in [0.1, 0.15) is 12.1 Å². The zero-order chi connectivity index (χ0) is 48.5. The molecule has 3 fully saturated rings. The fourth-order valence-electron chi connectivity index (χ4n) is 10.0. The van der Waals surface area contributed by atoms with Crippen LogP contribution in [0.15, 0.2) is 35.4 Å². The zero-order valence-corrected chi connectivity index (χ0v) is 41.0. The zero-order valence-electron chi connectivity index (χ0n) is 40.1. The summed E-state index contributed by atoms with van der Waals surface area (Å²) in [4.78, 5) is 88.2. The highest BCUT2D eigenvalue weighted by atomic mass is 31.1. The second-order valence-corrected chi connectivity index (χ2v) is 19.5. The number of likely N-dealkylation sites (tertiary alicyclic amines) is 2. The molecule has 3 N–H and O–H groups in total. The molecule has 4 rings (SSSR count). The van der Waals surface area contributed by atoms with Gasteiger partial charge in [-0.15, -0.1) is 0 Å². The monoisotopic (exact) mass is 946 g/mol. The standard InChI is InChI=1S/C46H73N8O11P/c1-9-30(4)41(36(62-7)28-39(56)53-21-13-16-35(53)43(63-8)31(5)44(57)49-37(66(60)61)26-32-14-11-10-12-15-32)52(6)46(59)40(29(2)3)50-45(58)42-33-17-18-34(27-33)54(42)38(55)19-22-64-24-25-65-23-20-48-51-47/h10-12,14-15,29-31,33-37,40-43H,9,13,16-28H2,1-8H3,(H2-,49,50,57,58,60,61)/p+1/t30-,31+,33-,34+,35-,36+,37+,40-,41-,42-,43+/m0/s1. The average molecular weight is 946 g/mol. The van der Waals surface area contributed by atoms with Crippen molar-refractivity contribution in [3.05, 3.63) is 46.3 Å². The first-order valence-electron chi connectivity index (χ1n) is 23.5. The van der Waals surface area contributed by atoms with Crippen LogP contribution in [0.4, 0.5) is 0 Å². The maximum atomic E-state index is 14.6. The minimum absolute atomic E-state index is 0.0192. The smallest absolute Gasteiger partial charge is 0.379 e. The van der Waals surface area contributed by atoms with Crippen molar-refractivity contribution in [1.82, 2.24) is 25.3 Å². The highest BCUT2D eigenvalue weighted by Gasteiger charge is 2.52. The number of hydrogen-bond acceptors (Lipinski definition) is 11. The van der Waals surface area contributed by atoms with Gasteiger partial charge >= 0.3 is 8.03 Å². The number of carbonyl (C=O) groups is 5. The highest BCUT2D eigenvalue weighted by Crippen LogP contribution is 2.43. The molecule has 2 saturated heterocycles. The molecule has 1 aromatic rings. The first-order chi connectivity index (χ1) is 31.6. The fraction of sp³-hybridized carbons (Fsp3) is 0.761. The van der Waals surface area contributed by atoms with E-state index < -0.39 is 62.0 Å². The summed E-state index contributed by atoms with van der Waals surface area (Å²) in [6.07, 6.45) is 3.05. The molecule has 19 nitrogen and oxygen atoms in total. The SMILES string of the molecule is CC[C@H](C)[C@@H]([C@@H](CC(=O)N1CCC[C@H]1[C@H](OC)[C@@H](C)C(=O)N[C@@H](Cc1ccccc1)[P+](=O)O)OC)N(C)C(=O)[C@@H](NC(=O)[C@@H]1[C@H]2CC[C@H](C2)N1C(=O)CCOCCOCCN=[N+]=[N-])C(C)C. The summed E-state index contributed by atoms with van der Waals surface area (Å²) in [5.41, 5.74) is 9.17. The van der Waals surface area contributed by atoms with Gasteiger partial charge in [0.15, 0.2) is 0 Å². The fourth-order valence-corrected chi connectivity index (χ4v) is 10.6. The van der Waals surface area contributed by atoms with Crippen LogP contribution in [0.5, 0.6) is 0 Å². The molecule has 2 bridgehead atoms. The number of benzene rings is 1. The Morgan fingerprint density at radius 3 is 2.29 bits per heavy atom. The molecule has 5 amide bonds. The van der Waals surface area contributed by atoms with Gasteiger partial charge in [0, 0.05) is 51.7 Å². The van der Waals surface area contributed by atoms with Crippen LogP contribution in [0, 0.1) is 23.7 Å². The number of azide groups is 1. The third-order valence-corrected chi connectivity index (χ3v) is 14.6. The number of carbonyl (C=O) groups excluding carboxylic acids is 5. The number of methoxy groups -OCH3 is 2. The van der Waals surface area contributed by atoms with E-state index in [1.807, 2.05) is 58.0 Å². The Hall–Kier alpha value is -4.22. The maximum absolute atomic E-state index is 14.6. The Labute approximate surface area is 390 Å². The summed E-state index contributed by atoms with van der Waals surface area (Å²) in [6.45, 7) is 11.1. The number of piperidine rings is 1. The van der Waals surface area contributed by atoms with Crippen LogP contribution in [-0.2, 0) is 53.9 Å². The summed E-state index contributed by atoms with van der Waals surface area (Å²) in [7, 11) is 1.95. The Morgan fingerprint density at radius 1 is 0.970 bits per heavy atom. The summed E-state index contributed by atoms with van der Waals surface area (Å²) < 4.78 is 35.2. The molecule has 3 aliphatic rings. The van der Waals surface area contributed by atoms with E-state index in [1.54, 1.807) is 28.7 Å². The van der Waals surface area contributed by atoms with Crippen LogP contribution in [0.3, 0.4) is 0 Å². The van der Waals surface area contributed by atoms with Crippen LogP contribution in [0.2, 0.25) is 0 Å². The van der Waals surface area contributed by atoms with Crippen molar-refractivity contribution in [1.29, 1.82) is 0 Å². The second kappa shape index (κ2) is 26.9. The van der Waals surface area contributed by atoms with E-state index in [-0.39, 0.29) is 99.7 Å². The molecule has 66 heavy (non-hydrogen) atoms. The molecule has 20 heteroatoms. The number of likely N-dealkylation sites (N-methyl/N-ethyl adjacent to an activating group) is 1. The van der Waals surface area contributed by atoms with E-state index >= 15 is 0 Å². The summed E-state index contributed by atoms with van der Waals surface area (Å²) in [5, 5.41) is 9.21. The van der Waals surface area contributed by atoms with E-state index in [2.05, 4.69) is 20.7 Å². The third-order valence-electron chi connectivity index (χ3n) is 13.7. The lowest BCUT2D eigenvalue weighted by atomic mass is 9.89. The van der Waals surface area contributed by atoms with Crippen molar-refractivity contribution in [2.75, 3.05) is 60.8 Å². The van der Waals surface area contributed by atoms with Gasteiger partial charge < -0.3 is 44.3 Å². The third kappa shape index (κ3) is 14.4. The van der Waals surface area contributed by atoms with E-state index in [0.717, 1.165) is 24.8 Å². The van der Waals surface area contributed by atoms with Gasteiger partial charge in [-0.25, -0.2) is 0 Å². The lowest BCUT2D eigenvalue weighted by Gasteiger charge is -2.41. The molecule has 1 aliphatic carbocycles. The van der Waals surface area contributed by atoms with E-state index in [1.165, 1.54) is 14.2 Å². The van der Waals surface area contributed by atoms with Crippen molar-refractivity contribution < 1.29 is 52.4 Å². The van der Waals surface area contributed by atoms with E-state index in [9.17, 15) is 33.4 Å². The summed E-state index contributed by atoms with van der Waals surface area (Å²) in [6, 6.07) is 6.45. The minimum atomic E-state index is -2.74. The minimum Gasteiger partial charge on any atom is -0.379 e. The van der Waals surface area contributed by atoms with Crippen LogP contribution < -0.4 is 10.6 Å². The van der Waals surface area contributed by atoms with Gasteiger partial charge in [-0.3, -0.25) is 24.0 Å². The molecule has 368 valence electrons. The predicted octanol–water partition coefficient (Wildman–Crippen LogP) is 4.58. The van der Waals surface area contributed by atoms with Crippen LogP contribution in [-0.4, -0.2) is 158 Å². The average Bonchev–Trinajstić information content (AvgIpc) is 4.08. The number of rotatable bonds is 28. The molecule has 0 spiro atoms. The Bertz CT molecular complexity index is 1820. The number of amides is 5. The Morgan fingerprint density at radius 2 is 1.67 bits per heavy atom. The first-order valence-corrected chi connectivity index (χ1v) is 24.8. The number of ether oxygens (including phenoxy) is 4. The van der Waals surface area contributed by atoms with Gasteiger partial charge in [-0.2, -0.15) is 4.89 Å². The van der Waals surface area contributed by atoms with Gasteiger partial charge in [0.05, 0.1) is 69.5 Å². The van der Waals surface area contributed by atoms with E-state index in [4.69, 9.17) is 24.5 Å². The number of nitrogens with zero attached hydrogens (tertiary/aromatic N) is 6. The van der Waals surface area contributed by atoms with Crippen molar-refractivity contribution in [3.63, 3.8) is 0 Å². The Kier molecular flexibility index (Phi) is 22.2. The molecule has 1 saturated carbocycles. The molecule has 0 radical (unpaired) electrons. The molecule has 12 atom stereocenters. The normalized spacial score (nSPS) is 22.4. The molecular formula is C46H74N8O11P+. The summed E-state index contributed by atoms with van der Waals surface area (Å²) in [5.74, 6) is -3.76. The molecule has 1 unspecified atom stereocenters. The number of nitrogens with one attached hydrogen (secondary N) is 2. The summed E-state index contributed by atoms with van der Waals surface area (Å²) >= 11 is 0. The van der Waals surface area contributed by atoms with Crippen molar-refractivity contribution in [3.8, 4) is 0 Å². The van der Waals surface area contributed by atoms with Gasteiger partial charge in [-0.05, 0) is 65.5 Å².